The highest BCUT2D eigenvalue weighted by Crippen LogP contribution is 2.24. The van der Waals surface area contributed by atoms with Crippen LogP contribution in [0, 0.1) is 10.1 Å². The molecule has 1 aromatic rings. The second kappa shape index (κ2) is 6.19. The molecular formula is C13H15ClN2O4. The second-order valence-electron chi connectivity index (χ2n) is 4.73. The molecule has 6 nitrogen and oxygen atoms in total. The third kappa shape index (κ3) is 3.26. The van der Waals surface area contributed by atoms with Gasteiger partial charge in [-0.1, -0.05) is 11.6 Å². The summed E-state index contributed by atoms with van der Waals surface area (Å²) in [4.78, 5) is 23.9. The number of nitrogens with zero attached hydrogens (tertiary/aromatic N) is 2. The van der Waals surface area contributed by atoms with Crippen LogP contribution in [0.25, 0.3) is 0 Å². The van der Waals surface area contributed by atoms with Gasteiger partial charge in [0.25, 0.3) is 11.6 Å². The Morgan fingerprint density at radius 3 is 2.95 bits per heavy atom. The van der Waals surface area contributed by atoms with Crippen LogP contribution in [-0.2, 0) is 16.1 Å². The van der Waals surface area contributed by atoms with Crippen LogP contribution >= 0.6 is 11.6 Å². The van der Waals surface area contributed by atoms with Crippen LogP contribution < -0.4 is 0 Å². The monoisotopic (exact) mass is 298 g/mol. The second-order valence-corrected chi connectivity index (χ2v) is 5.14. The van der Waals surface area contributed by atoms with E-state index in [-0.39, 0.29) is 18.1 Å². The Hall–Kier alpha value is -1.66. The zero-order valence-electron chi connectivity index (χ0n) is 11.0. The normalized spacial score (nSPS) is 18.0. The number of likely N-dealkylation sites (N-methyl/N-ethyl adjacent to an activating group) is 1. The van der Waals surface area contributed by atoms with E-state index in [1.807, 2.05) is 0 Å². The van der Waals surface area contributed by atoms with Crippen molar-refractivity contribution in [2.75, 3.05) is 13.7 Å². The molecule has 20 heavy (non-hydrogen) atoms. The first kappa shape index (κ1) is 14.7. The molecule has 0 bridgehead atoms. The highest BCUT2D eigenvalue weighted by molar-refractivity contribution is 6.31. The Bertz CT molecular complexity index is 529. The van der Waals surface area contributed by atoms with Crippen LogP contribution in [0.3, 0.4) is 0 Å². The number of ether oxygens (including phenoxy) is 1. The fraction of sp³-hybridized carbons (Fsp3) is 0.462. The summed E-state index contributed by atoms with van der Waals surface area (Å²) in [6.45, 7) is 0.820. The number of benzene rings is 1. The van der Waals surface area contributed by atoms with Crippen molar-refractivity contribution in [1.29, 1.82) is 0 Å². The van der Waals surface area contributed by atoms with Gasteiger partial charge in [-0.15, -0.1) is 0 Å². The largest absolute Gasteiger partial charge is 0.368 e. The Kier molecular flexibility index (Phi) is 4.57. The number of hydrogen-bond donors (Lipinski definition) is 0. The number of carbonyl (C=O) groups is 1. The van der Waals surface area contributed by atoms with E-state index in [9.17, 15) is 14.9 Å². The van der Waals surface area contributed by atoms with E-state index >= 15 is 0 Å². The molecule has 0 aliphatic carbocycles. The summed E-state index contributed by atoms with van der Waals surface area (Å²) in [5.74, 6) is -0.120. The van der Waals surface area contributed by atoms with E-state index in [0.29, 0.717) is 23.6 Å². The van der Waals surface area contributed by atoms with Gasteiger partial charge >= 0.3 is 0 Å². The van der Waals surface area contributed by atoms with Gasteiger partial charge in [-0.3, -0.25) is 14.9 Å². The maximum Gasteiger partial charge on any atom is 0.269 e. The van der Waals surface area contributed by atoms with Gasteiger partial charge in [0, 0.05) is 37.4 Å². The summed E-state index contributed by atoms with van der Waals surface area (Å²) in [5, 5.41) is 11.2. The summed E-state index contributed by atoms with van der Waals surface area (Å²) in [6, 6.07) is 4.20. The summed E-state index contributed by atoms with van der Waals surface area (Å²) in [5.41, 5.74) is 0.511. The number of non-ortho nitro benzene ring substituents is 1. The molecule has 1 atom stereocenters. The van der Waals surface area contributed by atoms with Gasteiger partial charge in [0.15, 0.2) is 0 Å². The first-order valence-corrected chi connectivity index (χ1v) is 6.66. The number of carbonyl (C=O) groups excluding carboxylic acids is 1. The Morgan fingerprint density at radius 2 is 2.35 bits per heavy atom. The molecule has 108 valence electrons. The molecule has 7 heteroatoms. The highest BCUT2D eigenvalue weighted by atomic mass is 35.5. The topological polar surface area (TPSA) is 72.7 Å². The molecule has 1 unspecified atom stereocenters. The lowest BCUT2D eigenvalue weighted by atomic mass is 10.1. The molecule has 1 heterocycles. The Morgan fingerprint density at radius 1 is 1.60 bits per heavy atom. The van der Waals surface area contributed by atoms with Gasteiger partial charge in [-0.2, -0.15) is 0 Å². The zero-order valence-corrected chi connectivity index (χ0v) is 11.8. The standard InChI is InChI=1S/C13H15ClN2O4/c1-15(13(17)12-3-2-6-20-12)8-9-7-10(16(18)19)4-5-11(9)14/h4-5,7,12H,2-3,6,8H2,1H3. The van der Waals surface area contributed by atoms with Crippen LogP contribution in [0.2, 0.25) is 5.02 Å². The van der Waals surface area contributed by atoms with Crippen LogP contribution in [0.1, 0.15) is 18.4 Å². The van der Waals surface area contributed by atoms with Crippen molar-refractivity contribution in [2.45, 2.75) is 25.5 Å². The average Bonchev–Trinajstić information content (AvgIpc) is 2.94. The Balaban J connectivity index is 2.10. The van der Waals surface area contributed by atoms with E-state index in [4.69, 9.17) is 16.3 Å². The van der Waals surface area contributed by atoms with Crippen molar-refractivity contribution < 1.29 is 14.5 Å². The molecule has 0 aromatic heterocycles. The third-order valence-electron chi connectivity index (χ3n) is 3.23. The van der Waals surface area contributed by atoms with E-state index < -0.39 is 11.0 Å². The molecular weight excluding hydrogens is 284 g/mol. The number of amides is 1. The summed E-state index contributed by atoms with van der Waals surface area (Å²) < 4.78 is 5.33. The minimum atomic E-state index is -0.484. The lowest BCUT2D eigenvalue weighted by Gasteiger charge is -2.21. The number of nitro groups is 1. The minimum absolute atomic E-state index is 0.0395. The first-order valence-electron chi connectivity index (χ1n) is 6.28. The summed E-state index contributed by atoms with van der Waals surface area (Å²) in [6.07, 6.45) is 1.19. The van der Waals surface area contributed by atoms with Crippen molar-refractivity contribution in [2.24, 2.45) is 0 Å². The average molecular weight is 299 g/mol. The predicted octanol–water partition coefficient (Wildman–Crippen LogP) is 2.39. The lowest BCUT2D eigenvalue weighted by Crippen LogP contribution is -2.35. The molecule has 1 fully saturated rings. The van der Waals surface area contributed by atoms with Crippen LogP contribution in [0.4, 0.5) is 5.69 Å². The van der Waals surface area contributed by atoms with E-state index in [0.717, 1.165) is 6.42 Å². The molecule has 1 aromatic carbocycles. The SMILES string of the molecule is CN(Cc1cc([N+](=O)[O-])ccc1Cl)C(=O)C1CCCO1. The van der Waals surface area contributed by atoms with Gasteiger partial charge < -0.3 is 9.64 Å². The number of nitro benzene ring substituents is 1. The van der Waals surface area contributed by atoms with Gasteiger partial charge in [0.2, 0.25) is 0 Å². The van der Waals surface area contributed by atoms with Crippen LogP contribution in [0.5, 0.6) is 0 Å². The molecule has 0 radical (unpaired) electrons. The van der Waals surface area contributed by atoms with Gasteiger partial charge in [0.1, 0.15) is 6.10 Å². The summed E-state index contributed by atoms with van der Waals surface area (Å²) >= 11 is 6.02. The molecule has 0 spiro atoms. The van der Waals surface area contributed by atoms with E-state index in [1.165, 1.54) is 23.1 Å². The summed E-state index contributed by atoms with van der Waals surface area (Å²) in [7, 11) is 1.64. The van der Waals surface area contributed by atoms with E-state index in [2.05, 4.69) is 0 Å². The maximum absolute atomic E-state index is 12.1. The lowest BCUT2D eigenvalue weighted by molar-refractivity contribution is -0.384. The highest BCUT2D eigenvalue weighted by Gasteiger charge is 2.26. The number of halogens is 1. The minimum Gasteiger partial charge on any atom is -0.368 e. The fourth-order valence-electron chi connectivity index (χ4n) is 2.15. The van der Waals surface area contributed by atoms with Gasteiger partial charge in [-0.25, -0.2) is 0 Å². The van der Waals surface area contributed by atoms with Crippen molar-refractivity contribution in [3.8, 4) is 0 Å². The molecule has 1 amide bonds. The molecule has 1 aliphatic rings. The van der Waals surface area contributed by atoms with Crippen molar-refractivity contribution in [1.82, 2.24) is 4.90 Å². The van der Waals surface area contributed by atoms with Gasteiger partial charge in [-0.05, 0) is 24.5 Å². The van der Waals surface area contributed by atoms with Gasteiger partial charge in [0.05, 0.1) is 4.92 Å². The number of rotatable bonds is 4. The Labute approximate surface area is 121 Å². The van der Waals surface area contributed by atoms with E-state index in [1.54, 1.807) is 7.05 Å². The first-order chi connectivity index (χ1) is 9.49. The molecule has 2 rings (SSSR count). The fourth-order valence-corrected chi connectivity index (χ4v) is 2.32. The third-order valence-corrected chi connectivity index (χ3v) is 3.60. The van der Waals surface area contributed by atoms with Crippen molar-refractivity contribution in [3.05, 3.63) is 38.9 Å². The van der Waals surface area contributed by atoms with Crippen LogP contribution in [-0.4, -0.2) is 35.5 Å². The molecule has 1 saturated heterocycles. The number of hydrogen-bond acceptors (Lipinski definition) is 4. The maximum atomic E-state index is 12.1. The molecule has 1 aliphatic heterocycles. The molecule has 0 N–H and O–H groups in total. The predicted molar refractivity (Wildman–Crippen MR) is 73.6 cm³/mol. The van der Waals surface area contributed by atoms with Crippen molar-refractivity contribution >= 4 is 23.2 Å². The van der Waals surface area contributed by atoms with Crippen molar-refractivity contribution in [3.63, 3.8) is 0 Å². The van der Waals surface area contributed by atoms with Crippen LogP contribution in [0.15, 0.2) is 18.2 Å². The zero-order chi connectivity index (χ0) is 14.7. The smallest absolute Gasteiger partial charge is 0.269 e. The quantitative estimate of drug-likeness (QED) is 0.632. The molecule has 0 saturated carbocycles.